The summed E-state index contributed by atoms with van der Waals surface area (Å²) in [4.78, 5) is 56.0. The lowest BCUT2D eigenvalue weighted by Crippen LogP contribution is -2.39. The van der Waals surface area contributed by atoms with E-state index < -0.39 is 73.6 Å². The van der Waals surface area contributed by atoms with Crippen LogP contribution in [0.3, 0.4) is 0 Å². The van der Waals surface area contributed by atoms with Crippen molar-refractivity contribution in [2.75, 3.05) is 13.2 Å². The molecule has 5 rings (SSSR count). The maximum Gasteiger partial charge on any atom is 0.406 e. The molecule has 246 valence electrons. The standard InChI is InChI=1S/C26H37N8O10P/c1-14-10-33(25(38)28-23(14)36)21-8-17(30-32-27)20(43-21)13-41-45(40,44-16-6-4-3-5-7-16)31-18-9-22(42-19(18)12-35)34-11-15(2)24(37)29-26(34)39/h10-11,16-22,35H,3-9,12-13H2,1-2H3,(H,31,40)(H,28,36,38)(H,29,37,39)/t17-,18-,19+,20+,21+,22+,45?/m0/s1. The van der Waals surface area contributed by atoms with Crippen LogP contribution in [0.25, 0.3) is 10.4 Å². The highest BCUT2D eigenvalue weighted by Crippen LogP contribution is 2.50. The molecule has 0 amide bonds. The van der Waals surface area contributed by atoms with Crippen LogP contribution in [0.5, 0.6) is 0 Å². The molecule has 2 aliphatic heterocycles. The maximum atomic E-state index is 14.4. The van der Waals surface area contributed by atoms with E-state index in [1.807, 2.05) is 0 Å². The van der Waals surface area contributed by atoms with Gasteiger partial charge in [-0.3, -0.25) is 37.7 Å². The normalized spacial score (nSPS) is 28.5. The van der Waals surface area contributed by atoms with Crippen molar-refractivity contribution in [3.63, 3.8) is 0 Å². The summed E-state index contributed by atoms with van der Waals surface area (Å²) in [5.41, 5.74) is 7.27. The molecule has 0 spiro atoms. The smallest absolute Gasteiger partial charge is 0.394 e. The molecular formula is C26H37N8O10P. The first-order valence-electron chi connectivity index (χ1n) is 14.8. The Morgan fingerprint density at radius 3 is 2.16 bits per heavy atom. The molecule has 7 atom stereocenters. The molecular weight excluding hydrogens is 615 g/mol. The molecule has 3 aliphatic rings. The third-order valence-electron chi connectivity index (χ3n) is 8.31. The van der Waals surface area contributed by atoms with E-state index in [0.717, 1.165) is 19.3 Å². The number of H-pyrrole nitrogens is 2. The highest BCUT2D eigenvalue weighted by atomic mass is 31.2. The van der Waals surface area contributed by atoms with Gasteiger partial charge >= 0.3 is 19.1 Å². The third-order valence-corrected chi connectivity index (χ3v) is 10.0. The molecule has 3 fully saturated rings. The molecule has 0 radical (unpaired) electrons. The van der Waals surface area contributed by atoms with E-state index in [4.69, 9.17) is 18.5 Å². The van der Waals surface area contributed by atoms with E-state index in [-0.39, 0.29) is 36.7 Å². The second-order valence-corrected chi connectivity index (χ2v) is 13.3. The van der Waals surface area contributed by atoms with Crippen LogP contribution in [0.15, 0.2) is 36.7 Å². The van der Waals surface area contributed by atoms with Gasteiger partial charge in [-0.1, -0.05) is 24.4 Å². The molecule has 4 heterocycles. The first kappa shape index (κ1) is 33.0. The molecule has 0 aromatic carbocycles. The number of aliphatic hydroxyl groups is 1. The van der Waals surface area contributed by atoms with Gasteiger partial charge in [0, 0.05) is 41.3 Å². The number of aryl methyl sites for hydroxylation is 2. The first-order chi connectivity index (χ1) is 21.5. The van der Waals surface area contributed by atoms with Gasteiger partial charge in [-0.05, 0) is 32.2 Å². The Labute approximate surface area is 255 Å². The Bertz CT molecular complexity index is 1710. The lowest BCUT2D eigenvalue weighted by Gasteiger charge is -2.30. The molecule has 1 unspecified atom stereocenters. The minimum atomic E-state index is -4.17. The SMILES string of the molecule is Cc1cn([C@H]2C[C@H](N=[N+]=[N-])[C@@H](COP(=O)(N[C@H]3C[C@H](n4cc(C)c(=O)[nH]c4=O)O[C@@H]3CO)OC3CCCCC3)O2)c(=O)[nH]c1=O. The monoisotopic (exact) mass is 652 g/mol. The molecule has 18 nitrogen and oxygen atoms in total. The quantitative estimate of drug-likeness (QED) is 0.117. The Kier molecular flexibility index (Phi) is 10.3. The summed E-state index contributed by atoms with van der Waals surface area (Å²) in [5.74, 6) is 0. The number of aliphatic hydroxyl groups excluding tert-OH is 1. The van der Waals surface area contributed by atoms with Crippen LogP contribution < -0.4 is 27.6 Å². The Morgan fingerprint density at radius 2 is 1.58 bits per heavy atom. The van der Waals surface area contributed by atoms with Crippen molar-refractivity contribution in [1.29, 1.82) is 0 Å². The largest absolute Gasteiger partial charge is 0.406 e. The molecule has 1 aliphatic carbocycles. The molecule has 45 heavy (non-hydrogen) atoms. The lowest BCUT2D eigenvalue weighted by molar-refractivity contribution is -0.0317. The van der Waals surface area contributed by atoms with Crippen LogP contribution in [0.1, 0.15) is 68.5 Å². The maximum absolute atomic E-state index is 14.4. The van der Waals surface area contributed by atoms with Gasteiger partial charge in [0.15, 0.2) is 0 Å². The highest BCUT2D eigenvalue weighted by Gasteiger charge is 2.44. The van der Waals surface area contributed by atoms with Gasteiger partial charge in [0.05, 0.1) is 43.6 Å². The van der Waals surface area contributed by atoms with Gasteiger partial charge in [-0.15, -0.1) is 0 Å². The summed E-state index contributed by atoms with van der Waals surface area (Å²) >= 11 is 0. The fourth-order valence-corrected chi connectivity index (χ4v) is 7.69. The van der Waals surface area contributed by atoms with Crippen LogP contribution in [0.4, 0.5) is 0 Å². The average Bonchev–Trinajstić information content (AvgIpc) is 3.60. The van der Waals surface area contributed by atoms with E-state index in [2.05, 4.69) is 25.1 Å². The number of aromatic nitrogens is 4. The van der Waals surface area contributed by atoms with Crippen molar-refractivity contribution in [2.24, 2.45) is 5.11 Å². The Morgan fingerprint density at radius 1 is 1.00 bits per heavy atom. The van der Waals surface area contributed by atoms with E-state index in [1.54, 1.807) is 0 Å². The molecule has 2 aromatic heterocycles. The number of nitrogens with one attached hydrogen (secondary N) is 3. The summed E-state index contributed by atoms with van der Waals surface area (Å²) in [5, 5.41) is 16.8. The average molecular weight is 653 g/mol. The number of hydrogen-bond acceptors (Lipinski definition) is 11. The minimum absolute atomic E-state index is 0.0792. The van der Waals surface area contributed by atoms with Gasteiger partial charge in [0.1, 0.15) is 12.5 Å². The minimum Gasteiger partial charge on any atom is -0.394 e. The molecule has 0 bridgehead atoms. The van der Waals surface area contributed by atoms with Crippen molar-refractivity contribution >= 4 is 7.75 Å². The van der Waals surface area contributed by atoms with E-state index in [1.165, 1.54) is 35.4 Å². The fourth-order valence-electron chi connectivity index (χ4n) is 5.87. The Balaban J connectivity index is 1.36. The first-order valence-corrected chi connectivity index (χ1v) is 16.4. The number of rotatable bonds is 11. The summed E-state index contributed by atoms with van der Waals surface area (Å²) in [6.07, 6.45) is 2.97. The second kappa shape index (κ2) is 14.0. The Hall–Kier alpha value is -3.34. The second-order valence-electron chi connectivity index (χ2n) is 11.5. The van der Waals surface area contributed by atoms with Gasteiger partial charge in [0.2, 0.25) is 0 Å². The molecule has 1 saturated carbocycles. The number of hydrogen-bond donors (Lipinski definition) is 4. The topological polar surface area (TPSA) is 245 Å². The summed E-state index contributed by atoms with van der Waals surface area (Å²) in [6, 6.07) is -1.59. The van der Waals surface area contributed by atoms with Crippen LogP contribution in [0.2, 0.25) is 0 Å². The van der Waals surface area contributed by atoms with Crippen molar-refractivity contribution in [1.82, 2.24) is 24.2 Å². The summed E-state index contributed by atoms with van der Waals surface area (Å²) in [6.45, 7) is 2.24. The van der Waals surface area contributed by atoms with Gasteiger partial charge in [-0.2, -0.15) is 0 Å². The predicted octanol–water partition coefficient (Wildman–Crippen LogP) is 1.38. The van der Waals surface area contributed by atoms with Crippen molar-refractivity contribution in [2.45, 2.75) is 102 Å². The van der Waals surface area contributed by atoms with Crippen molar-refractivity contribution in [3.8, 4) is 0 Å². The van der Waals surface area contributed by atoms with E-state index >= 15 is 0 Å². The van der Waals surface area contributed by atoms with Crippen LogP contribution in [-0.2, 0) is 23.1 Å². The fraction of sp³-hybridized carbons (Fsp3) is 0.692. The molecule has 19 heteroatoms. The van der Waals surface area contributed by atoms with Crippen molar-refractivity contribution in [3.05, 3.63) is 75.6 Å². The van der Waals surface area contributed by atoms with Crippen LogP contribution in [0, 0.1) is 13.8 Å². The van der Waals surface area contributed by atoms with Gasteiger partial charge in [0.25, 0.3) is 11.1 Å². The third kappa shape index (κ3) is 7.56. The molecule has 2 saturated heterocycles. The molecule has 2 aromatic rings. The number of azide groups is 1. The summed E-state index contributed by atoms with van der Waals surface area (Å²) < 4.78 is 40.6. The van der Waals surface area contributed by atoms with Crippen LogP contribution in [-0.4, -0.2) is 67.8 Å². The molecule has 4 N–H and O–H groups in total. The zero-order chi connectivity index (χ0) is 32.3. The van der Waals surface area contributed by atoms with E-state index in [9.17, 15) is 34.4 Å². The number of aromatic amines is 2. The summed E-state index contributed by atoms with van der Waals surface area (Å²) in [7, 11) is -4.17. The predicted molar refractivity (Wildman–Crippen MR) is 158 cm³/mol. The zero-order valence-electron chi connectivity index (χ0n) is 24.9. The van der Waals surface area contributed by atoms with Crippen molar-refractivity contribution < 1.29 is 28.2 Å². The zero-order valence-corrected chi connectivity index (χ0v) is 25.8. The lowest BCUT2D eigenvalue weighted by atomic mass is 9.98. The highest BCUT2D eigenvalue weighted by molar-refractivity contribution is 7.51. The van der Waals surface area contributed by atoms with Gasteiger partial charge < -0.3 is 14.6 Å². The van der Waals surface area contributed by atoms with Crippen LogP contribution >= 0.6 is 7.75 Å². The number of nitrogens with zero attached hydrogens (tertiary/aromatic N) is 5. The number of ether oxygens (including phenoxy) is 2. The van der Waals surface area contributed by atoms with E-state index in [0.29, 0.717) is 12.8 Å². The van der Waals surface area contributed by atoms with Gasteiger partial charge in [-0.25, -0.2) is 19.2 Å².